The third kappa shape index (κ3) is 3.75. The summed E-state index contributed by atoms with van der Waals surface area (Å²) in [4.78, 5) is 8.48. The molecule has 0 fully saturated rings. The zero-order chi connectivity index (χ0) is 12.1. The van der Waals surface area contributed by atoms with Gasteiger partial charge in [0.1, 0.15) is 0 Å². The molecule has 0 atom stereocenters. The van der Waals surface area contributed by atoms with Crippen molar-refractivity contribution in [3.63, 3.8) is 0 Å². The fourth-order valence-corrected chi connectivity index (χ4v) is 2.50. The maximum atomic E-state index is 4.42. The highest BCUT2D eigenvalue weighted by Gasteiger charge is 1.97. The Morgan fingerprint density at radius 3 is 2.82 bits per heavy atom. The summed E-state index contributed by atoms with van der Waals surface area (Å²) in [5, 5.41) is 0. The smallest absolute Gasteiger partial charge is 0.0768 e. The van der Waals surface area contributed by atoms with Crippen LogP contribution in [0.5, 0.6) is 0 Å². The van der Waals surface area contributed by atoms with E-state index in [1.165, 1.54) is 0 Å². The molecule has 0 bridgehead atoms. The number of hydrogen-bond donors (Lipinski definition) is 0. The first-order valence-electron chi connectivity index (χ1n) is 5.12. The summed E-state index contributed by atoms with van der Waals surface area (Å²) in [5.74, 6) is 0. The van der Waals surface area contributed by atoms with Gasteiger partial charge in [-0.3, -0.25) is 9.98 Å². The molecule has 0 radical (unpaired) electrons. The average Bonchev–Trinajstić information content (AvgIpc) is 2.33. The van der Waals surface area contributed by atoms with E-state index >= 15 is 0 Å². The van der Waals surface area contributed by atoms with Crippen molar-refractivity contribution in [2.24, 2.45) is 4.99 Å². The molecule has 0 aliphatic heterocycles. The molecule has 1 aromatic heterocycles. The van der Waals surface area contributed by atoms with Crippen molar-refractivity contribution < 1.29 is 0 Å². The lowest BCUT2D eigenvalue weighted by molar-refractivity contribution is 1.23. The predicted octanol–water partition coefficient (Wildman–Crippen LogP) is 4.55. The Morgan fingerprint density at radius 2 is 2.12 bits per heavy atom. The van der Waals surface area contributed by atoms with Crippen LogP contribution < -0.4 is 0 Å². The third-order valence-corrected chi connectivity index (χ3v) is 3.32. The third-order valence-electron chi connectivity index (χ3n) is 2.19. The van der Waals surface area contributed by atoms with Crippen molar-refractivity contribution in [3.8, 4) is 0 Å². The van der Waals surface area contributed by atoms with Crippen LogP contribution in [0.2, 0.25) is 0 Å². The predicted molar refractivity (Wildman–Crippen MR) is 77.9 cm³/mol. The van der Waals surface area contributed by atoms with Gasteiger partial charge in [-0.25, -0.2) is 0 Å². The van der Waals surface area contributed by atoms with Crippen molar-refractivity contribution in [1.29, 1.82) is 0 Å². The normalized spacial score (nSPS) is 10.9. The Morgan fingerprint density at radius 1 is 1.24 bits per heavy atom. The summed E-state index contributed by atoms with van der Waals surface area (Å²) in [6.45, 7) is 0. The second kappa shape index (κ2) is 6.07. The molecule has 86 valence electrons. The van der Waals surface area contributed by atoms with Gasteiger partial charge < -0.3 is 0 Å². The summed E-state index contributed by atoms with van der Waals surface area (Å²) >= 11 is 6.89. The molecule has 0 saturated carbocycles. The minimum absolute atomic E-state index is 0.788. The number of nitrogens with zero attached hydrogens (tertiary/aromatic N) is 2. The molecule has 0 unspecified atom stereocenters. The van der Waals surface area contributed by atoms with E-state index in [-0.39, 0.29) is 0 Å². The maximum absolute atomic E-state index is 4.42. The van der Waals surface area contributed by atoms with Crippen molar-refractivity contribution in [2.45, 2.75) is 6.42 Å². The lowest BCUT2D eigenvalue weighted by Crippen LogP contribution is -1.86. The molecule has 0 aliphatic rings. The standard InChI is InChI=1S/C13H10Br2N2/c14-11-3-4-13(12(15)8-11)17-7-5-10-2-1-6-16-9-10/h1-4,6-9H,5H2. The molecular formula is C13H10Br2N2. The number of rotatable bonds is 3. The number of halogens is 2. The molecule has 17 heavy (non-hydrogen) atoms. The van der Waals surface area contributed by atoms with Crippen LogP contribution in [0.25, 0.3) is 0 Å². The van der Waals surface area contributed by atoms with Crippen LogP contribution in [-0.2, 0) is 6.42 Å². The fourth-order valence-electron chi connectivity index (χ4n) is 1.35. The molecule has 1 heterocycles. The van der Waals surface area contributed by atoms with Crippen LogP contribution in [0.15, 0.2) is 56.7 Å². The maximum Gasteiger partial charge on any atom is 0.0768 e. The molecule has 0 saturated heterocycles. The quantitative estimate of drug-likeness (QED) is 0.743. The Bertz CT molecular complexity index is 524. The van der Waals surface area contributed by atoms with Gasteiger partial charge in [-0.1, -0.05) is 22.0 Å². The number of hydrogen-bond acceptors (Lipinski definition) is 2. The van der Waals surface area contributed by atoms with Gasteiger partial charge in [0, 0.05) is 34.0 Å². The molecule has 0 aliphatic carbocycles. The van der Waals surface area contributed by atoms with E-state index in [1.807, 2.05) is 42.7 Å². The van der Waals surface area contributed by atoms with Gasteiger partial charge >= 0.3 is 0 Å². The van der Waals surface area contributed by atoms with E-state index in [2.05, 4.69) is 41.8 Å². The van der Waals surface area contributed by atoms with Gasteiger partial charge in [-0.15, -0.1) is 0 Å². The van der Waals surface area contributed by atoms with E-state index in [0.717, 1.165) is 26.6 Å². The Balaban J connectivity index is 2.06. The van der Waals surface area contributed by atoms with E-state index < -0.39 is 0 Å². The molecule has 4 heteroatoms. The van der Waals surface area contributed by atoms with E-state index in [4.69, 9.17) is 0 Å². The van der Waals surface area contributed by atoms with Crippen LogP contribution >= 0.6 is 31.9 Å². The van der Waals surface area contributed by atoms with Crippen molar-refractivity contribution in [1.82, 2.24) is 4.98 Å². The van der Waals surface area contributed by atoms with Crippen molar-refractivity contribution >= 4 is 43.8 Å². The largest absolute Gasteiger partial charge is 0.264 e. The molecule has 0 amide bonds. The molecule has 2 rings (SSSR count). The van der Waals surface area contributed by atoms with Gasteiger partial charge in [0.2, 0.25) is 0 Å². The summed E-state index contributed by atoms with van der Waals surface area (Å²) in [5.41, 5.74) is 2.08. The Hall–Kier alpha value is -1.00. The van der Waals surface area contributed by atoms with Crippen LogP contribution in [0, 0.1) is 0 Å². The summed E-state index contributed by atoms with van der Waals surface area (Å²) in [7, 11) is 0. The topological polar surface area (TPSA) is 25.2 Å². The first-order chi connectivity index (χ1) is 8.25. The summed E-state index contributed by atoms with van der Waals surface area (Å²) in [6, 6.07) is 9.89. The molecule has 0 spiro atoms. The van der Waals surface area contributed by atoms with Crippen molar-refractivity contribution in [2.75, 3.05) is 0 Å². The first-order valence-corrected chi connectivity index (χ1v) is 6.71. The highest BCUT2D eigenvalue weighted by molar-refractivity contribution is 9.11. The van der Waals surface area contributed by atoms with Crippen LogP contribution in [0.3, 0.4) is 0 Å². The molecule has 1 aromatic carbocycles. The van der Waals surface area contributed by atoms with Crippen LogP contribution in [-0.4, -0.2) is 11.2 Å². The molecule has 2 aromatic rings. The molecule has 2 nitrogen and oxygen atoms in total. The van der Waals surface area contributed by atoms with Gasteiger partial charge in [-0.05, 0) is 45.8 Å². The molecule has 0 N–H and O–H groups in total. The number of aliphatic imine (C=N–C) groups is 1. The van der Waals surface area contributed by atoms with Gasteiger partial charge in [0.05, 0.1) is 5.69 Å². The molecular weight excluding hydrogens is 344 g/mol. The summed E-state index contributed by atoms with van der Waals surface area (Å²) in [6.07, 6.45) is 6.30. The highest BCUT2D eigenvalue weighted by Crippen LogP contribution is 2.28. The van der Waals surface area contributed by atoms with Gasteiger partial charge in [0.25, 0.3) is 0 Å². The van der Waals surface area contributed by atoms with Crippen LogP contribution in [0.1, 0.15) is 5.56 Å². The average molecular weight is 354 g/mol. The SMILES string of the molecule is Brc1ccc(N=CCc2cccnc2)c(Br)c1. The first kappa shape index (κ1) is 12.5. The van der Waals surface area contributed by atoms with Gasteiger partial charge in [-0.2, -0.15) is 0 Å². The van der Waals surface area contributed by atoms with E-state index in [9.17, 15) is 0 Å². The highest BCUT2D eigenvalue weighted by atomic mass is 79.9. The minimum Gasteiger partial charge on any atom is -0.264 e. The second-order valence-corrected chi connectivity index (χ2v) is 5.24. The Kier molecular flexibility index (Phi) is 4.45. The Labute approximate surface area is 117 Å². The zero-order valence-electron chi connectivity index (χ0n) is 8.98. The van der Waals surface area contributed by atoms with E-state index in [1.54, 1.807) is 6.20 Å². The number of pyridine rings is 1. The number of benzene rings is 1. The summed E-state index contributed by atoms with van der Waals surface area (Å²) < 4.78 is 2.02. The van der Waals surface area contributed by atoms with Crippen LogP contribution in [0.4, 0.5) is 5.69 Å². The minimum atomic E-state index is 0.788. The lowest BCUT2D eigenvalue weighted by atomic mass is 10.2. The fraction of sp³-hybridized carbons (Fsp3) is 0.0769. The lowest BCUT2D eigenvalue weighted by Gasteiger charge is -1.99. The monoisotopic (exact) mass is 352 g/mol. The van der Waals surface area contributed by atoms with Gasteiger partial charge in [0.15, 0.2) is 0 Å². The number of aromatic nitrogens is 1. The zero-order valence-corrected chi connectivity index (χ0v) is 12.1. The van der Waals surface area contributed by atoms with E-state index in [0.29, 0.717) is 0 Å². The second-order valence-electron chi connectivity index (χ2n) is 3.47. The van der Waals surface area contributed by atoms with Crippen molar-refractivity contribution in [3.05, 3.63) is 57.2 Å².